The van der Waals surface area contributed by atoms with E-state index in [4.69, 9.17) is 16.3 Å². The Kier molecular flexibility index (Phi) is 4.62. The Labute approximate surface area is 78.2 Å². The molecule has 1 saturated heterocycles. The van der Waals surface area contributed by atoms with Crippen LogP contribution in [-0.2, 0) is 9.53 Å². The highest BCUT2D eigenvalue weighted by Gasteiger charge is 2.18. The maximum Gasteiger partial charge on any atom is 0.148 e. The number of ether oxygens (including phenoxy) is 1. The number of hydrogen-bond donors (Lipinski definition) is 0. The second kappa shape index (κ2) is 5.55. The molecule has 2 nitrogen and oxygen atoms in total. The zero-order valence-corrected chi connectivity index (χ0v) is 7.93. The van der Waals surface area contributed by atoms with E-state index in [0.29, 0.717) is 5.88 Å². The van der Waals surface area contributed by atoms with Crippen LogP contribution in [0.2, 0.25) is 0 Å². The molecule has 0 radical (unpaired) electrons. The number of hydrogen-bond acceptors (Lipinski definition) is 2. The van der Waals surface area contributed by atoms with Gasteiger partial charge in [0, 0.05) is 5.88 Å². The summed E-state index contributed by atoms with van der Waals surface area (Å²) >= 11 is 5.61. The molecule has 0 aromatic rings. The quantitative estimate of drug-likeness (QED) is 0.504. The van der Waals surface area contributed by atoms with Crippen molar-refractivity contribution in [3.8, 4) is 0 Å². The summed E-state index contributed by atoms with van der Waals surface area (Å²) in [5.74, 6) is 0.621. The van der Waals surface area contributed by atoms with Crippen molar-refractivity contribution in [3.05, 3.63) is 0 Å². The first-order chi connectivity index (χ1) is 5.86. The molecule has 0 N–H and O–H groups in total. The summed E-state index contributed by atoms with van der Waals surface area (Å²) in [6.07, 6.45) is 5.99. The molecule has 0 aromatic carbocycles. The van der Waals surface area contributed by atoms with E-state index in [9.17, 15) is 4.79 Å². The monoisotopic (exact) mass is 190 g/mol. The standard InChI is InChI=1S/C9H15ClO2/c10-6-5-8-3-1-2-4-9(7-11)12-8/h7-9H,1-6H2. The van der Waals surface area contributed by atoms with Crippen molar-refractivity contribution >= 4 is 17.9 Å². The number of alkyl halides is 1. The normalized spacial score (nSPS) is 31.1. The molecule has 70 valence electrons. The van der Waals surface area contributed by atoms with Gasteiger partial charge in [-0.25, -0.2) is 0 Å². The summed E-state index contributed by atoms with van der Waals surface area (Å²) < 4.78 is 5.55. The predicted molar refractivity (Wildman–Crippen MR) is 48.5 cm³/mol. The summed E-state index contributed by atoms with van der Waals surface area (Å²) in [5.41, 5.74) is 0. The van der Waals surface area contributed by atoms with Gasteiger partial charge >= 0.3 is 0 Å². The molecule has 1 aliphatic rings. The molecule has 3 heteroatoms. The third-order valence-corrected chi connectivity index (χ3v) is 2.43. The SMILES string of the molecule is O=CC1CCCCC(CCCl)O1. The van der Waals surface area contributed by atoms with Gasteiger partial charge in [-0.05, 0) is 19.3 Å². The fourth-order valence-corrected chi connectivity index (χ4v) is 1.78. The van der Waals surface area contributed by atoms with Gasteiger partial charge in [0.15, 0.2) is 0 Å². The van der Waals surface area contributed by atoms with Crippen molar-refractivity contribution in [3.63, 3.8) is 0 Å². The molecular formula is C9H15ClO2. The van der Waals surface area contributed by atoms with Gasteiger partial charge in [-0.1, -0.05) is 12.8 Å². The zero-order chi connectivity index (χ0) is 8.81. The summed E-state index contributed by atoms with van der Waals surface area (Å²) in [6.45, 7) is 0. The van der Waals surface area contributed by atoms with Crippen molar-refractivity contribution in [1.29, 1.82) is 0 Å². The minimum Gasteiger partial charge on any atom is -0.367 e. The smallest absolute Gasteiger partial charge is 0.148 e. The van der Waals surface area contributed by atoms with Gasteiger partial charge in [0.1, 0.15) is 12.4 Å². The van der Waals surface area contributed by atoms with Crippen molar-refractivity contribution in [1.82, 2.24) is 0 Å². The largest absolute Gasteiger partial charge is 0.367 e. The first-order valence-electron chi connectivity index (χ1n) is 4.53. The molecule has 0 saturated carbocycles. The van der Waals surface area contributed by atoms with E-state index in [0.717, 1.165) is 38.4 Å². The Hall–Kier alpha value is -0.0800. The Morgan fingerprint density at radius 1 is 1.42 bits per heavy atom. The van der Waals surface area contributed by atoms with Crippen LogP contribution in [0.5, 0.6) is 0 Å². The molecule has 0 aromatic heterocycles. The lowest BCUT2D eigenvalue weighted by Gasteiger charge is -2.16. The Balaban J connectivity index is 2.36. The summed E-state index contributed by atoms with van der Waals surface area (Å²) in [5, 5.41) is 0. The molecule has 0 spiro atoms. The topological polar surface area (TPSA) is 26.3 Å². The summed E-state index contributed by atoms with van der Waals surface area (Å²) in [7, 11) is 0. The van der Waals surface area contributed by atoms with Gasteiger partial charge in [0.05, 0.1) is 6.10 Å². The molecular weight excluding hydrogens is 176 g/mol. The fraction of sp³-hybridized carbons (Fsp3) is 0.889. The van der Waals surface area contributed by atoms with Crippen LogP contribution in [-0.4, -0.2) is 24.4 Å². The van der Waals surface area contributed by atoms with Gasteiger partial charge in [-0.2, -0.15) is 0 Å². The second-order valence-corrected chi connectivity index (χ2v) is 3.57. The molecule has 0 amide bonds. The molecule has 1 heterocycles. The van der Waals surface area contributed by atoms with Crippen LogP contribution in [0.15, 0.2) is 0 Å². The molecule has 12 heavy (non-hydrogen) atoms. The lowest BCUT2D eigenvalue weighted by Crippen LogP contribution is -2.21. The Morgan fingerprint density at radius 2 is 2.17 bits per heavy atom. The van der Waals surface area contributed by atoms with Crippen LogP contribution in [0.4, 0.5) is 0 Å². The van der Waals surface area contributed by atoms with Crippen LogP contribution >= 0.6 is 11.6 Å². The minimum absolute atomic E-state index is 0.180. The van der Waals surface area contributed by atoms with E-state index in [2.05, 4.69) is 0 Å². The third kappa shape index (κ3) is 3.11. The third-order valence-electron chi connectivity index (χ3n) is 2.21. The van der Waals surface area contributed by atoms with Gasteiger partial charge < -0.3 is 9.53 Å². The van der Waals surface area contributed by atoms with Gasteiger partial charge in [0.2, 0.25) is 0 Å². The maximum absolute atomic E-state index is 10.5. The lowest BCUT2D eigenvalue weighted by atomic mass is 10.1. The van der Waals surface area contributed by atoms with E-state index < -0.39 is 0 Å². The van der Waals surface area contributed by atoms with Crippen LogP contribution in [0.1, 0.15) is 32.1 Å². The Morgan fingerprint density at radius 3 is 2.83 bits per heavy atom. The number of carbonyl (C=O) groups is 1. The van der Waals surface area contributed by atoms with Crippen LogP contribution < -0.4 is 0 Å². The first-order valence-corrected chi connectivity index (χ1v) is 5.07. The number of rotatable bonds is 3. The predicted octanol–water partition coefficient (Wildman–Crippen LogP) is 2.14. The average Bonchev–Trinajstić information content (AvgIpc) is 2.30. The van der Waals surface area contributed by atoms with Gasteiger partial charge in [-0.3, -0.25) is 0 Å². The highest BCUT2D eigenvalue weighted by molar-refractivity contribution is 6.17. The average molecular weight is 191 g/mol. The fourth-order valence-electron chi connectivity index (χ4n) is 1.53. The second-order valence-electron chi connectivity index (χ2n) is 3.19. The molecule has 0 aliphatic carbocycles. The highest BCUT2D eigenvalue weighted by Crippen LogP contribution is 2.19. The van der Waals surface area contributed by atoms with Crippen molar-refractivity contribution in [2.75, 3.05) is 5.88 Å². The highest BCUT2D eigenvalue weighted by atomic mass is 35.5. The van der Waals surface area contributed by atoms with Gasteiger partial charge in [0.25, 0.3) is 0 Å². The maximum atomic E-state index is 10.5. The number of carbonyl (C=O) groups excluding carboxylic acids is 1. The molecule has 2 atom stereocenters. The number of halogens is 1. The summed E-state index contributed by atoms with van der Waals surface area (Å²) in [4.78, 5) is 10.5. The van der Waals surface area contributed by atoms with Crippen molar-refractivity contribution in [2.24, 2.45) is 0 Å². The minimum atomic E-state index is -0.180. The summed E-state index contributed by atoms with van der Waals surface area (Å²) in [6, 6.07) is 0. The van der Waals surface area contributed by atoms with Crippen LogP contribution in [0.25, 0.3) is 0 Å². The molecule has 0 bridgehead atoms. The zero-order valence-electron chi connectivity index (χ0n) is 7.17. The van der Waals surface area contributed by atoms with E-state index in [1.165, 1.54) is 0 Å². The molecule has 1 aliphatic heterocycles. The van der Waals surface area contributed by atoms with Crippen LogP contribution in [0.3, 0.4) is 0 Å². The number of aldehydes is 1. The van der Waals surface area contributed by atoms with E-state index in [-0.39, 0.29) is 12.2 Å². The Bertz CT molecular complexity index is 138. The molecule has 1 rings (SSSR count). The lowest BCUT2D eigenvalue weighted by molar-refractivity contribution is -0.121. The first kappa shape index (κ1) is 10.0. The van der Waals surface area contributed by atoms with Crippen molar-refractivity contribution in [2.45, 2.75) is 44.3 Å². The molecule has 1 fully saturated rings. The van der Waals surface area contributed by atoms with E-state index >= 15 is 0 Å². The van der Waals surface area contributed by atoms with Crippen molar-refractivity contribution < 1.29 is 9.53 Å². The van der Waals surface area contributed by atoms with E-state index in [1.54, 1.807) is 0 Å². The molecule has 2 unspecified atom stereocenters. The van der Waals surface area contributed by atoms with E-state index in [1.807, 2.05) is 0 Å². The van der Waals surface area contributed by atoms with Gasteiger partial charge in [-0.15, -0.1) is 11.6 Å². The van der Waals surface area contributed by atoms with Crippen LogP contribution in [0, 0.1) is 0 Å².